The normalized spacial score (nSPS) is 10.1. The molecule has 116 valence electrons. The maximum Gasteiger partial charge on any atom is 0.375 e. The summed E-state index contributed by atoms with van der Waals surface area (Å²) in [6, 6.07) is 8.98. The van der Waals surface area contributed by atoms with Crippen LogP contribution >= 0.6 is 0 Å². The summed E-state index contributed by atoms with van der Waals surface area (Å²) in [5.74, 6) is -0.216. The Morgan fingerprint density at radius 2 is 2.09 bits per heavy atom. The van der Waals surface area contributed by atoms with Gasteiger partial charge in [-0.25, -0.2) is 4.79 Å². The van der Waals surface area contributed by atoms with Gasteiger partial charge in [0, 0.05) is 12.1 Å². The number of benzene rings is 1. The molecule has 0 unspecified atom stereocenters. The van der Waals surface area contributed by atoms with Crippen LogP contribution in [0.2, 0.25) is 0 Å². The van der Waals surface area contributed by atoms with Crippen LogP contribution in [0.5, 0.6) is 5.75 Å². The van der Waals surface area contributed by atoms with E-state index in [1.54, 1.807) is 20.1 Å². The average molecular weight is 303 g/mol. The first-order valence-corrected chi connectivity index (χ1v) is 6.71. The smallest absolute Gasteiger partial charge is 0.375 e. The Kier molecular flexibility index (Phi) is 5.19. The number of rotatable bonds is 6. The predicted octanol–water partition coefficient (Wildman–Crippen LogP) is 2.07. The summed E-state index contributed by atoms with van der Waals surface area (Å²) >= 11 is 0. The Labute approximate surface area is 128 Å². The van der Waals surface area contributed by atoms with Gasteiger partial charge in [0.25, 0.3) is 5.91 Å². The first-order valence-electron chi connectivity index (χ1n) is 6.71. The number of hydrogen-bond acceptors (Lipinski definition) is 5. The van der Waals surface area contributed by atoms with Crippen molar-refractivity contribution in [1.29, 1.82) is 0 Å². The highest BCUT2D eigenvalue weighted by Crippen LogP contribution is 2.12. The third kappa shape index (κ3) is 4.12. The van der Waals surface area contributed by atoms with Crippen LogP contribution in [0, 0.1) is 6.92 Å². The maximum absolute atomic E-state index is 11.7. The van der Waals surface area contributed by atoms with E-state index in [4.69, 9.17) is 13.9 Å². The summed E-state index contributed by atoms with van der Waals surface area (Å²) in [7, 11) is 1.58. The molecule has 0 bridgehead atoms. The maximum atomic E-state index is 11.7. The molecule has 1 amide bonds. The topological polar surface area (TPSA) is 77.8 Å². The zero-order chi connectivity index (χ0) is 15.9. The molecule has 1 N–H and O–H groups in total. The summed E-state index contributed by atoms with van der Waals surface area (Å²) in [5.41, 5.74) is 1.56. The number of hydrogen-bond donors (Lipinski definition) is 1. The molecule has 2 aromatic rings. The highest BCUT2D eigenvalue weighted by atomic mass is 16.5. The van der Waals surface area contributed by atoms with Gasteiger partial charge in [-0.05, 0) is 30.7 Å². The van der Waals surface area contributed by atoms with Crippen LogP contribution in [0.4, 0.5) is 0 Å². The first kappa shape index (κ1) is 15.6. The second-order valence-corrected chi connectivity index (χ2v) is 4.64. The van der Waals surface area contributed by atoms with E-state index in [1.807, 2.05) is 24.3 Å². The molecule has 6 nitrogen and oxygen atoms in total. The zero-order valence-electron chi connectivity index (χ0n) is 12.4. The van der Waals surface area contributed by atoms with Crippen LogP contribution in [0.15, 0.2) is 41.0 Å². The molecule has 2 rings (SSSR count). The Bertz CT molecular complexity index is 662. The van der Waals surface area contributed by atoms with Crippen molar-refractivity contribution >= 4 is 11.9 Å². The van der Waals surface area contributed by atoms with E-state index in [9.17, 15) is 9.59 Å². The minimum Gasteiger partial charge on any atom is -0.497 e. The number of aryl methyl sites for hydroxylation is 1. The molecular formula is C16H17NO5. The molecule has 0 aliphatic carbocycles. The third-order valence-corrected chi connectivity index (χ3v) is 3.01. The van der Waals surface area contributed by atoms with Crippen LogP contribution in [0.25, 0.3) is 0 Å². The SMILES string of the molecule is COc1cccc(CNC(=O)COC(=O)c2occc2C)c1. The fraction of sp³-hybridized carbons (Fsp3) is 0.250. The Balaban J connectivity index is 1.78. The average Bonchev–Trinajstić information content (AvgIpc) is 2.97. The van der Waals surface area contributed by atoms with Crippen molar-refractivity contribution < 1.29 is 23.5 Å². The van der Waals surface area contributed by atoms with Crippen LogP contribution in [-0.2, 0) is 16.1 Å². The van der Waals surface area contributed by atoms with Gasteiger partial charge in [-0.15, -0.1) is 0 Å². The van der Waals surface area contributed by atoms with Gasteiger partial charge in [-0.3, -0.25) is 4.79 Å². The summed E-state index contributed by atoms with van der Waals surface area (Å²) in [6.07, 6.45) is 1.40. The molecule has 0 spiro atoms. The van der Waals surface area contributed by atoms with Crippen LogP contribution in [0.1, 0.15) is 21.7 Å². The van der Waals surface area contributed by atoms with Crippen LogP contribution in [-0.4, -0.2) is 25.6 Å². The Morgan fingerprint density at radius 3 is 2.77 bits per heavy atom. The molecule has 1 heterocycles. The van der Waals surface area contributed by atoms with Gasteiger partial charge in [0.2, 0.25) is 5.76 Å². The lowest BCUT2D eigenvalue weighted by molar-refractivity contribution is -0.124. The lowest BCUT2D eigenvalue weighted by atomic mass is 10.2. The van der Waals surface area contributed by atoms with Gasteiger partial charge in [-0.2, -0.15) is 0 Å². The Hall–Kier alpha value is -2.76. The van der Waals surface area contributed by atoms with Gasteiger partial charge in [0.15, 0.2) is 6.61 Å². The van der Waals surface area contributed by atoms with Crippen molar-refractivity contribution in [3.63, 3.8) is 0 Å². The second kappa shape index (κ2) is 7.31. The van der Waals surface area contributed by atoms with Crippen molar-refractivity contribution in [2.24, 2.45) is 0 Å². The van der Waals surface area contributed by atoms with Gasteiger partial charge in [-0.1, -0.05) is 12.1 Å². The van der Waals surface area contributed by atoms with Crippen molar-refractivity contribution in [2.75, 3.05) is 13.7 Å². The largest absolute Gasteiger partial charge is 0.497 e. The molecule has 1 aromatic heterocycles. The summed E-state index contributed by atoms with van der Waals surface area (Å²) in [5, 5.41) is 2.66. The molecule has 22 heavy (non-hydrogen) atoms. The van der Waals surface area contributed by atoms with E-state index in [0.29, 0.717) is 17.9 Å². The molecule has 0 saturated carbocycles. The number of ether oxygens (including phenoxy) is 2. The van der Waals surface area contributed by atoms with E-state index < -0.39 is 5.97 Å². The monoisotopic (exact) mass is 303 g/mol. The highest BCUT2D eigenvalue weighted by molar-refractivity contribution is 5.90. The van der Waals surface area contributed by atoms with Crippen molar-refractivity contribution in [1.82, 2.24) is 5.32 Å². The number of carbonyl (C=O) groups is 2. The summed E-state index contributed by atoms with van der Waals surface area (Å²) in [6.45, 7) is 1.69. The molecule has 0 aliphatic rings. The minimum atomic E-state index is -0.654. The molecule has 0 aliphatic heterocycles. The van der Waals surface area contributed by atoms with Crippen LogP contribution < -0.4 is 10.1 Å². The van der Waals surface area contributed by atoms with E-state index in [1.165, 1.54) is 6.26 Å². The first-order chi connectivity index (χ1) is 10.6. The number of carbonyl (C=O) groups excluding carboxylic acids is 2. The van der Waals surface area contributed by atoms with Gasteiger partial charge >= 0.3 is 5.97 Å². The molecule has 1 aromatic carbocycles. The predicted molar refractivity (Wildman–Crippen MR) is 78.6 cm³/mol. The van der Waals surface area contributed by atoms with Gasteiger partial charge in [0.05, 0.1) is 13.4 Å². The van der Waals surface area contributed by atoms with Gasteiger partial charge in [0.1, 0.15) is 5.75 Å². The standard InChI is InChI=1S/C16H17NO5/c1-11-6-7-21-15(11)16(19)22-10-14(18)17-9-12-4-3-5-13(8-12)20-2/h3-8H,9-10H2,1-2H3,(H,17,18). The quantitative estimate of drug-likeness (QED) is 0.827. The number of amides is 1. The number of esters is 1. The summed E-state index contributed by atoms with van der Waals surface area (Å²) < 4.78 is 15.0. The number of methoxy groups -OCH3 is 1. The van der Waals surface area contributed by atoms with E-state index >= 15 is 0 Å². The third-order valence-electron chi connectivity index (χ3n) is 3.01. The molecule has 0 fully saturated rings. The molecule has 6 heteroatoms. The zero-order valence-corrected chi connectivity index (χ0v) is 12.4. The molecule has 0 atom stereocenters. The van der Waals surface area contributed by atoms with Crippen molar-refractivity contribution in [3.05, 3.63) is 53.5 Å². The lowest BCUT2D eigenvalue weighted by Crippen LogP contribution is -2.28. The van der Waals surface area contributed by atoms with E-state index in [0.717, 1.165) is 5.56 Å². The fourth-order valence-corrected chi connectivity index (χ4v) is 1.81. The minimum absolute atomic E-state index is 0.112. The summed E-state index contributed by atoms with van der Waals surface area (Å²) in [4.78, 5) is 23.4. The Morgan fingerprint density at radius 1 is 1.27 bits per heavy atom. The second-order valence-electron chi connectivity index (χ2n) is 4.64. The van der Waals surface area contributed by atoms with Crippen LogP contribution in [0.3, 0.4) is 0 Å². The van der Waals surface area contributed by atoms with E-state index in [2.05, 4.69) is 5.32 Å². The lowest BCUT2D eigenvalue weighted by Gasteiger charge is -2.07. The van der Waals surface area contributed by atoms with Gasteiger partial charge < -0.3 is 19.2 Å². The molecule has 0 saturated heterocycles. The van der Waals surface area contributed by atoms with E-state index in [-0.39, 0.29) is 18.3 Å². The van der Waals surface area contributed by atoms with Crippen molar-refractivity contribution in [2.45, 2.75) is 13.5 Å². The number of furan rings is 1. The molecular weight excluding hydrogens is 286 g/mol. The molecule has 0 radical (unpaired) electrons. The van der Waals surface area contributed by atoms with Crippen molar-refractivity contribution in [3.8, 4) is 5.75 Å². The fourth-order valence-electron chi connectivity index (χ4n) is 1.81. The highest BCUT2D eigenvalue weighted by Gasteiger charge is 2.15. The number of nitrogens with one attached hydrogen (secondary N) is 1.